The molecule has 0 bridgehead atoms. The number of Topliss-reactive ketones (excluding diaryl/α,β-unsaturated/α-hetero) is 1. The standard InChI is InChI=1S/C13H14O3/c1-8-3-4-10(9(2)7-8)11(14)13(5-6-13)12(15)16/h3-4,7H,5-6H2,1-2H3,(H,15,16). The van der Waals surface area contributed by atoms with Gasteiger partial charge in [0.1, 0.15) is 5.41 Å². The molecule has 0 spiro atoms. The van der Waals surface area contributed by atoms with Crippen molar-refractivity contribution in [1.82, 2.24) is 0 Å². The maximum atomic E-state index is 12.1. The van der Waals surface area contributed by atoms with Crippen LogP contribution in [0, 0.1) is 19.3 Å². The number of hydrogen-bond donors (Lipinski definition) is 1. The molecule has 1 aromatic carbocycles. The van der Waals surface area contributed by atoms with E-state index in [-0.39, 0.29) is 5.78 Å². The predicted octanol–water partition coefficient (Wildman–Crippen LogP) is 2.35. The van der Waals surface area contributed by atoms with Gasteiger partial charge >= 0.3 is 5.97 Å². The SMILES string of the molecule is Cc1ccc(C(=O)C2(C(=O)O)CC2)c(C)c1. The molecule has 3 nitrogen and oxygen atoms in total. The molecular formula is C13H14O3. The Hall–Kier alpha value is -1.64. The Morgan fingerprint density at radius 1 is 1.25 bits per heavy atom. The summed E-state index contributed by atoms with van der Waals surface area (Å²) < 4.78 is 0. The molecule has 84 valence electrons. The van der Waals surface area contributed by atoms with Crippen molar-refractivity contribution in [1.29, 1.82) is 0 Å². The van der Waals surface area contributed by atoms with Crippen LogP contribution in [0.3, 0.4) is 0 Å². The number of aryl methyl sites for hydroxylation is 2. The highest BCUT2D eigenvalue weighted by atomic mass is 16.4. The van der Waals surface area contributed by atoms with Gasteiger partial charge in [-0.25, -0.2) is 0 Å². The van der Waals surface area contributed by atoms with E-state index in [2.05, 4.69) is 0 Å². The fourth-order valence-corrected chi connectivity index (χ4v) is 1.99. The zero-order valence-corrected chi connectivity index (χ0v) is 9.41. The summed E-state index contributed by atoms with van der Waals surface area (Å²) in [5.74, 6) is -1.23. The highest BCUT2D eigenvalue weighted by Crippen LogP contribution is 2.48. The number of carbonyl (C=O) groups excluding carboxylic acids is 1. The van der Waals surface area contributed by atoms with Gasteiger partial charge in [-0.3, -0.25) is 9.59 Å². The summed E-state index contributed by atoms with van der Waals surface area (Å²) in [5, 5.41) is 9.06. The number of carbonyl (C=O) groups is 2. The van der Waals surface area contributed by atoms with E-state index in [0.29, 0.717) is 18.4 Å². The third kappa shape index (κ3) is 1.52. The number of aliphatic carboxylic acids is 1. The first-order valence-electron chi connectivity index (χ1n) is 5.33. The van der Waals surface area contributed by atoms with Gasteiger partial charge in [0, 0.05) is 5.56 Å². The molecule has 0 aromatic heterocycles. The van der Waals surface area contributed by atoms with Crippen LogP contribution < -0.4 is 0 Å². The highest BCUT2D eigenvalue weighted by Gasteiger charge is 2.57. The first-order valence-corrected chi connectivity index (χ1v) is 5.33. The molecule has 0 aliphatic heterocycles. The smallest absolute Gasteiger partial charge is 0.317 e. The van der Waals surface area contributed by atoms with Gasteiger partial charge in [-0.05, 0) is 32.3 Å². The maximum Gasteiger partial charge on any atom is 0.317 e. The fraction of sp³-hybridized carbons (Fsp3) is 0.385. The van der Waals surface area contributed by atoms with Crippen LogP contribution in [0.25, 0.3) is 0 Å². The molecule has 0 atom stereocenters. The van der Waals surface area contributed by atoms with Crippen LogP contribution in [0.5, 0.6) is 0 Å². The van der Waals surface area contributed by atoms with Crippen molar-refractivity contribution in [2.75, 3.05) is 0 Å². The average Bonchev–Trinajstić information content (AvgIpc) is 2.97. The lowest BCUT2D eigenvalue weighted by Gasteiger charge is -2.11. The number of rotatable bonds is 3. The first kappa shape index (κ1) is 10.9. The summed E-state index contributed by atoms with van der Waals surface area (Å²) in [4.78, 5) is 23.2. The normalized spacial score (nSPS) is 16.9. The molecule has 0 radical (unpaired) electrons. The Bertz CT molecular complexity index is 470. The molecule has 1 saturated carbocycles. The van der Waals surface area contributed by atoms with E-state index in [0.717, 1.165) is 11.1 Å². The van der Waals surface area contributed by atoms with Crippen LogP contribution in [0.15, 0.2) is 18.2 Å². The van der Waals surface area contributed by atoms with Crippen molar-refractivity contribution in [2.45, 2.75) is 26.7 Å². The molecule has 0 unspecified atom stereocenters. The Morgan fingerprint density at radius 2 is 1.88 bits per heavy atom. The van der Waals surface area contributed by atoms with Crippen LogP contribution in [-0.2, 0) is 4.79 Å². The van der Waals surface area contributed by atoms with E-state index in [4.69, 9.17) is 5.11 Å². The molecule has 2 rings (SSSR count). The lowest BCUT2D eigenvalue weighted by atomic mass is 9.91. The molecule has 1 aromatic rings. The molecular weight excluding hydrogens is 204 g/mol. The minimum atomic E-state index is -1.12. The summed E-state index contributed by atoms with van der Waals surface area (Å²) in [6.45, 7) is 3.80. The summed E-state index contributed by atoms with van der Waals surface area (Å²) >= 11 is 0. The Balaban J connectivity index is 2.39. The van der Waals surface area contributed by atoms with Gasteiger partial charge in [0.2, 0.25) is 0 Å². The third-order valence-electron chi connectivity index (χ3n) is 3.22. The Labute approximate surface area is 94.1 Å². The van der Waals surface area contributed by atoms with E-state index in [1.807, 2.05) is 26.0 Å². The van der Waals surface area contributed by atoms with Gasteiger partial charge < -0.3 is 5.11 Å². The van der Waals surface area contributed by atoms with Crippen LogP contribution in [0.4, 0.5) is 0 Å². The second kappa shape index (κ2) is 3.44. The number of benzene rings is 1. The van der Waals surface area contributed by atoms with Crippen molar-refractivity contribution in [3.05, 3.63) is 34.9 Å². The van der Waals surface area contributed by atoms with Gasteiger partial charge in [-0.15, -0.1) is 0 Å². The van der Waals surface area contributed by atoms with Crippen molar-refractivity contribution >= 4 is 11.8 Å². The predicted molar refractivity (Wildman–Crippen MR) is 59.5 cm³/mol. The second-order valence-corrected chi connectivity index (χ2v) is 4.53. The van der Waals surface area contributed by atoms with Crippen LogP contribution in [0.1, 0.15) is 34.3 Å². The molecule has 1 fully saturated rings. The molecule has 1 aliphatic rings. The van der Waals surface area contributed by atoms with Crippen molar-refractivity contribution in [2.24, 2.45) is 5.41 Å². The topological polar surface area (TPSA) is 54.4 Å². The average molecular weight is 218 g/mol. The minimum Gasteiger partial charge on any atom is -0.480 e. The van der Waals surface area contributed by atoms with Crippen molar-refractivity contribution in [3.63, 3.8) is 0 Å². The molecule has 0 amide bonds. The van der Waals surface area contributed by atoms with E-state index in [1.54, 1.807) is 6.07 Å². The number of carboxylic acids is 1. The van der Waals surface area contributed by atoms with Crippen molar-refractivity contribution < 1.29 is 14.7 Å². The van der Waals surface area contributed by atoms with E-state index < -0.39 is 11.4 Å². The number of hydrogen-bond acceptors (Lipinski definition) is 2. The van der Waals surface area contributed by atoms with Gasteiger partial charge in [0.25, 0.3) is 0 Å². The van der Waals surface area contributed by atoms with E-state index >= 15 is 0 Å². The minimum absolute atomic E-state index is 0.238. The Morgan fingerprint density at radius 3 is 2.31 bits per heavy atom. The van der Waals surface area contributed by atoms with Crippen LogP contribution in [-0.4, -0.2) is 16.9 Å². The fourth-order valence-electron chi connectivity index (χ4n) is 1.99. The lowest BCUT2D eigenvalue weighted by molar-refractivity contribution is -0.141. The monoisotopic (exact) mass is 218 g/mol. The summed E-state index contributed by atoms with van der Waals surface area (Å²) in [7, 11) is 0. The summed E-state index contributed by atoms with van der Waals surface area (Å²) in [6.07, 6.45) is 0.933. The molecule has 1 N–H and O–H groups in total. The maximum absolute atomic E-state index is 12.1. The lowest BCUT2D eigenvalue weighted by Crippen LogP contribution is -2.26. The second-order valence-electron chi connectivity index (χ2n) is 4.53. The molecule has 16 heavy (non-hydrogen) atoms. The molecule has 0 saturated heterocycles. The van der Waals surface area contributed by atoms with Gasteiger partial charge in [-0.1, -0.05) is 23.8 Å². The van der Waals surface area contributed by atoms with Crippen molar-refractivity contribution in [3.8, 4) is 0 Å². The number of carboxylic acid groups (broad SMARTS) is 1. The van der Waals surface area contributed by atoms with E-state index in [1.165, 1.54) is 0 Å². The van der Waals surface area contributed by atoms with Crippen LogP contribution in [0.2, 0.25) is 0 Å². The van der Waals surface area contributed by atoms with Gasteiger partial charge in [0.05, 0.1) is 0 Å². The highest BCUT2D eigenvalue weighted by molar-refractivity contribution is 6.14. The zero-order valence-electron chi connectivity index (χ0n) is 9.41. The van der Waals surface area contributed by atoms with Gasteiger partial charge in [0.15, 0.2) is 5.78 Å². The third-order valence-corrected chi connectivity index (χ3v) is 3.22. The number of ketones is 1. The quantitative estimate of drug-likeness (QED) is 0.625. The largest absolute Gasteiger partial charge is 0.480 e. The first-order chi connectivity index (χ1) is 7.47. The molecule has 3 heteroatoms. The summed E-state index contributed by atoms with van der Waals surface area (Å²) in [6, 6.07) is 5.49. The Kier molecular flexibility index (Phi) is 2.34. The summed E-state index contributed by atoms with van der Waals surface area (Å²) in [5.41, 5.74) is 1.36. The van der Waals surface area contributed by atoms with E-state index in [9.17, 15) is 9.59 Å². The van der Waals surface area contributed by atoms with Crippen LogP contribution >= 0.6 is 0 Å². The molecule has 0 heterocycles. The zero-order chi connectivity index (χ0) is 11.9. The molecule has 1 aliphatic carbocycles. The van der Waals surface area contributed by atoms with Gasteiger partial charge in [-0.2, -0.15) is 0 Å².